The normalized spacial score (nSPS) is 13.6. The SMILES string of the molecule is Cc1cc(C)c2cc(N3C(=O)c4c(Cl)c(Cl)c(Cl)c(Cl)c4C3=O)cc(C)c2n1. The summed E-state index contributed by atoms with van der Waals surface area (Å²) in [4.78, 5) is 31.8. The van der Waals surface area contributed by atoms with Gasteiger partial charge in [0.25, 0.3) is 11.8 Å². The van der Waals surface area contributed by atoms with Gasteiger partial charge in [-0.2, -0.15) is 0 Å². The Hall–Kier alpha value is -1.85. The average Bonchev–Trinajstić information content (AvgIpc) is 2.89. The quantitative estimate of drug-likeness (QED) is 0.237. The summed E-state index contributed by atoms with van der Waals surface area (Å²) in [6.45, 7) is 5.75. The minimum atomic E-state index is -0.595. The van der Waals surface area contributed by atoms with Gasteiger partial charge >= 0.3 is 0 Å². The second-order valence-electron chi connectivity index (χ2n) is 6.69. The van der Waals surface area contributed by atoms with Crippen LogP contribution in [0.25, 0.3) is 10.9 Å². The molecule has 0 aliphatic carbocycles. The number of hydrogen-bond acceptors (Lipinski definition) is 3. The van der Waals surface area contributed by atoms with Crippen LogP contribution in [0.5, 0.6) is 0 Å². The molecule has 0 saturated carbocycles. The largest absolute Gasteiger partial charge is 0.268 e. The van der Waals surface area contributed by atoms with E-state index in [-0.39, 0.29) is 31.2 Å². The zero-order valence-electron chi connectivity index (χ0n) is 15.0. The number of nitrogens with zero attached hydrogens (tertiary/aromatic N) is 2. The first-order valence-corrected chi connectivity index (χ1v) is 9.78. The molecule has 28 heavy (non-hydrogen) atoms. The van der Waals surface area contributed by atoms with E-state index >= 15 is 0 Å². The van der Waals surface area contributed by atoms with Crippen LogP contribution in [-0.2, 0) is 0 Å². The van der Waals surface area contributed by atoms with Crippen LogP contribution in [0.4, 0.5) is 5.69 Å². The van der Waals surface area contributed by atoms with E-state index in [2.05, 4.69) is 4.98 Å². The molecule has 2 aromatic carbocycles. The van der Waals surface area contributed by atoms with Crippen LogP contribution in [0.3, 0.4) is 0 Å². The highest BCUT2D eigenvalue weighted by molar-refractivity contribution is 6.56. The zero-order valence-corrected chi connectivity index (χ0v) is 18.0. The molecule has 0 unspecified atom stereocenters. The molecule has 4 nitrogen and oxygen atoms in total. The summed E-state index contributed by atoms with van der Waals surface area (Å²) in [5.41, 5.74) is 3.87. The van der Waals surface area contributed by atoms with Gasteiger partial charge in [0, 0.05) is 11.1 Å². The van der Waals surface area contributed by atoms with Gasteiger partial charge in [-0.15, -0.1) is 0 Å². The lowest BCUT2D eigenvalue weighted by atomic mass is 10.0. The van der Waals surface area contributed by atoms with E-state index < -0.39 is 11.8 Å². The van der Waals surface area contributed by atoms with E-state index in [9.17, 15) is 9.59 Å². The molecule has 0 N–H and O–H groups in total. The highest BCUT2D eigenvalue weighted by Gasteiger charge is 2.42. The number of carbonyl (C=O) groups excluding carboxylic acids is 2. The maximum absolute atomic E-state index is 13.1. The molecule has 0 fully saturated rings. The molecule has 142 valence electrons. The molecule has 2 heterocycles. The zero-order chi connectivity index (χ0) is 20.5. The molecule has 0 saturated heterocycles. The lowest BCUT2D eigenvalue weighted by Gasteiger charge is -2.17. The molecule has 4 rings (SSSR count). The van der Waals surface area contributed by atoms with Crippen molar-refractivity contribution in [2.75, 3.05) is 4.90 Å². The maximum atomic E-state index is 13.1. The molecule has 0 bridgehead atoms. The van der Waals surface area contributed by atoms with Gasteiger partial charge in [0.1, 0.15) is 0 Å². The maximum Gasteiger partial charge on any atom is 0.267 e. The highest BCUT2D eigenvalue weighted by atomic mass is 35.5. The minimum Gasteiger partial charge on any atom is -0.268 e. The number of halogens is 4. The van der Waals surface area contributed by atoms with Crippen LogP contribution in [0.1, 0.15) is 37.5 Å². The predicted octanol–water partition coefficient (Wildman–Crippen LogP) is 6.57. The third-order valence-electron chi connectivity index (χ3n) is 4.78. The third kappa shape index (κ3) is 2.63. The summed E-state index contributed by atoms with van der Waals surface area (Å²) in [6, 6.07) is 5.44. The van der Waals surface area contributed by atoms with Crippen LogP contribution in [0.2, 0.25) is 20.1 Å². The van der Waals surface area contributed by atoms with Crippen molar-refractivity contribution in [3.8, 4) is 0 Å². The first-order valence-electron chi connectivity index (χ1n) is 8.26. The monoisotopic (exact) mass is 452 g/mol. The van der Waals surface area contributed by atoms with Crippen molar-refractivity contribution in [1.82, 2.24) is 4.98 Å². The fraction of sp³-hybridized carbons (Fsp3) is 0.150. The number of amides is 2. The van der Waals surface area contributed by atoms with Gasteiger partial charge in [-0.25, -0.2) is 4.90 Å². The number of rotatable bonds is 1. The topological polar surface area (TPSA) is 50.3 Å². The summed E-state index contributed by atoms with van der Waals surface area (Å²) in [6.07, 6.45) is 0. The molecular formula is C20H12Cl4N2O2. The van der Waals surface area contributed by atoms with Crippen LogP contribution < -0.4 is 4.90 Å². The average molecular weight is 454 g/mol. The van der Waals surface area contributed by atoms with E-state index in [0.29, 0.717) is 5.69 Å². The summed E-state index contributed by atoms with van der Waals surface area (Å²) in [5.74, 6) is -1.19. The van der Waals surface area contributed by atoms with Crippen molar-refractivity contribution >= 4 is 74.8 Å². The first kappa shape index (κ1) is 19.5. The van der Waals surface area contributed by atoms with Gasteiger partial charge in [0.15, 0.2) is 0 Å². The molecule has 8 heteroatoms. The van der Waals surface area contributed by atoms with Crippen LogP contribution in [0.15, 0.2) is 18.2 Å². The Bertz CT molecular complexity index is 1190. The molecular weight excluding hydrogens is 442 g/mol. The number of carbonyl (C=O) groups is 2. The Labute approximate surface area is 181 Å². The molecule has 1 aliphatic rings. The Balaban J connectivity index is 1.97. The van der Waals surface area contributed by atoms with Crippen molar-refractivity contribution in [1.29, 1.82) is 0 Å². The standard InChI is InChI=1S/C20H12Cl4N2O2/c1-7-4-9(3)25-18-8(2)5-10(6-11(7)18)26-19(27)12-13(20(26)28)15(22)17(24)16(23)14(12)21/h4-6H,1-3H3. The molecule has 1 aliphatic heterocycles. The van der Waals surface area contributed by atoms with Gasteiger partial charge < -0.3 is 0 Å². The van der Waals surface area contributed by atoms with Gasteiger partial charge in [-0.3, -0.25) is 14.6 Å². The van der Waals surface area contributed by atoms with E-state index in [4.69, 9.17) is 46.4 Å². The Kier molecular flexibility index (Phi) is 4.59. The summed E-state index contributed by atoms with van der Waals surface area (Å²) >= 11 is 24.6. The second-order valence-corrected chi connectivity index (χ2v) is 8.20. The van der Waals surface area contributed by atoms with Crippen molar-refractivity contribution in [2.45, 2.75) is 20.8 Å². The molecule has 2 amide bonds. The van der Waals surface area contributed by atoms with E-state index in [1.54, 1.807) is 12.1 Å². The second kappa shape index (κ2) is 6.60. The van der Waals surface area contributed by atoms with Crippen molar-refractivity contribution in [3.05, 3.63) is 66.2 Å². The number of pyridine rings is 1. The number of benzene rings is 2. The summed E-state index contributed by atoms with van der Waals surface area (Å²) in [7, 11) is 0. The highest BCUT2D eigenvalue weighted by Crippen LogP contribution is 2.46. The summed E-state index contributed by atoms with van der Waals surface area (Å²) < 4.78 is 0. The van der Waals surface area contributed by atoms with Crippen molar-refractivity contribution < 1.29 is 9.59 Å². The lowest BCUT2D eigenvalue weighted by Crippen LogP contribution is -2.29. The van der Waals surface area contributed by atoms with Gasteiger partial charge in [0.05, 0.1) is 42.4 Å². The van der Waals surface area contributed by atoms with Crippen LogP contribution >= 0.6 is 46.4 Å². The van der Waals surface area contributed by atoms with Gasteiger partial charge in [-0.1, -0.05) is 46.4 Å². The van der Waals surface area contributed by atoms with E-state index in [0.717, 1.165) is 32.6 Å². The van der Waals surface area contributed by atoms with Crippen molar-refractivity contribution in [3.63, 3.8) is 0 Å². The first-order chi connectivity index (χ1) is 13.1. The minimum absolute atomic E-state index is 0.0393. The summed E-state index contributed by atoms with van der Waals surface area (Å²) in [5, 5.41) is 0.571. The van der Waals surface area contributed by atoms with Crippen LogP contribution in [-0.4, -0.2) is 16.8 Å². The lowest BCUT2D eigenvalue weighted by molar-refractivity contribution is 0.0926. The molecule has 3 aromatic rings. The molecule has 0 radical (unpaired) electrons. The molecule has 1 aromatic heterocycles. The number of imide groups is 1. The fourth-order valence-corrected chi connectivity index (χ4v) is 4.54. The van der Waals surface area contributed by atoms with Crippen LogP contribution in [0, 0.1) is 20.8 Å². The molecule has 0 atom stereocenters. The Morgan fingerprint density at radius 3 is 1.82 bits per heavy atom. The Morgan fingerprint density at radius 1 is 0.750 bits per heavy atom. The van der Waals surface area contributed by atoms with E-state index in [1.165, 1.54) is 0 Å². The number of anilines is 1. The van der Waals surface area contributed by atoms with E-state index in [1.807, 2.05) is 26.8 Å². The van der Waals surface area contributed by atoms with Crippen molar-refractivity contribution in [2.24, 2.45) is 0 Å². The van der Waals surface area contributed by atoms with Gasteiger partial charge in [0.2, 0.25) is 0 Å². The Morgan fingerprint density at radius 2 is 1.29 bits per heavy atom. The number of aromatic nitrogens is 1. The number of fused-ring (bicyclic) bond motifs is 2. The fourth-order valence-electron chi connectivity index (χ4n) is 3.52. The number of hydrogen-bond donors (Lipinski definition) is 0. The number of aryl methyl sites for hydroxylation is 3. The smallest absolute Gasteiger partial charge is 0.267 e. The molecule has 0 spiro atoms. The van der Waals surface area contributed by atoms with Gasteiger partial charge in [-0.05, 0) is 50.1 Å². The predicted molar refractivity (Wildman–Crippen MR) is 114 cm³/mol. The third-order valence-corrected chi connectivity index (χ3v) is 6.58.